The van der Waals surface area contributed by atoms with Crippen LogP contribution in [0, 0.1) is 17.1 Å². The Morgan fingerprint density at radius 1 is 1.44 bits per heavy atom. The Kier molecular flexibility index (Phi) is 5.48. The molecule has 1 N–H and O–H groups in total. The number of ether oxygens (including phenoxy) is 1. The first kappa shape index (κ1) is 12.6. The molecule has 1 rings (SSSR count). The van der Waals surface area contributed by atoms with Crippen LogP contribution in [0.4, 0.5) is 4.39 Å². The number of likely N-dealkylation sites (N-methyl/N-ethyl adjacent to an activating group) is 1. The zero-order valence-corrected chi connectivity index (χ0v) is 9.29. The van der Waals surface area contributed by atoms with Crippen LogP contribution in [0.2, 0.25) is 0 Å². The van der Waals surface area contributed by atoms with Gasteiger partial charge in [-0.1, -0.05) is 6.92 Å². The van der Waals surface area contributed by atoms with E-state index in [9.17, 15) is 4.39 Å². The zero-order valence-electron chi connectivity index (χ0n) is 9.29. The van der Waals surface area contributed by atoms with Crippen LogP contribution in [0.15, 0.2) is 18.2 Å². The largest absolute Gasteiger partial charge is 0.375 e. The summed E-state index contributed by atoms with van der Waals surface area (Å²) in [5, 5.41) is 11.8. The van der Waals surface area contributed by atoms with Crippen LogP contribution in [-0.4, -0.2) is 19.7 Å². The highest BCUT2D eigenvalue weighted by Gasteiger charge is 2.00. The molecular weight excluding hydrogens is 207 g/mol. The molecule has 0 bridgehead atoms. The molecule has 0 aliphatic carbocycles. The van der Waals surface area contributed by atoms with Crippen LogP contribution in [0.25, 0.3) is 0 Å². The Morgan fingerprint density at radius 3 is 2.94 bits per heavy atom. The van der Waals surface area contributed by atoms with Crippen LogP contribution >= 0.6 is 0 Å². The maximum Gasteiger partial charge on any atom is 0.124 e. The maximum absolute atomic E-state index is 13.0. The molecule has 0 aliphatic heterocycles. The molecule has 16 heavy (non-hydrogen) atoms. The smallest absolute Gasteiger partial charge is 0.124 e. The molecule has 0 atom stereocenters. The summed E-state index contributed by atoms with van der Waals surface area (Å²) in [7, 11) is 0. The van der Waals surface area contributed by atoms with Crippen LogP contribution in [0.5, 0.6) is 0 Å². The fourth-order valence-corrected chi connectivity index (χ4v) is 1.31. The number of benzene rings is 1. The summed E-state index contributed by atoms with van der Waals surface area (Å²) in [5.74, 6) is -0.399. The lowest BCUT2D eigenvalue weighted by Gasteiger charge is -2.05. The third-order valence-corrected chi connectivity index (χ3v) is 2.03. The zero-order chi connectivity index (χ0) is 11.8. The van der Waals surface area contributed by atoms with Crippen molar-refractivity contribution in [2.24, 2.45) is 0 Å². The Labute approximate surface area is 94.8 Å². The van der Waals surface area contributed by atoms with Gasteiger partial charge in [0, 0.05) is 6.54 Å². The number of nitrogens with one attached hydrogen (secondary N) is 1. The highest BCUT2D eigenvalue weighted by Crippen LogP contribution is 2.09. The van der Waals surface area contributed by atoms with Gasteiger partial charge in [0.25, 0.3) is 0 Å². The second kappa shape index (κ2) is 6.94. The van der Waals surface area contributed by atoms with Crippen LogP contribution in [0.3, 0.4) is 0 Å². The van der Waals surface area contributed by atoms with E-state index in [0.717, 1.165) is 13.1 Å². The molecule has 0 unspecified atom stereocenters. The van der Waals surface area contributed by atoms with Gasteiger partial charge in [0.15, 0.2) is 0 Å². The summed E-state index contributed by atoms with van der Waals surface area (Å²) < 4.78 is 18.4. The standard InChI is InChI=1S/C12H15FN2O/c1-2-15-3-4-16-9-11-5-10(8-14)6-12(13)7-11/h5-7,15H,2-4,9H2,1H3. The number of halogens is 1. The van der Waals surface area contributed by atoms with Gasteiger partial charge in [-0.05, 0) is 30.3 Å². The molecule has 0 spiro atoms. The van der Waals surface area contributed by atoms with Gasteiger partial charge in [-0.3, -0.25) is 0 Å². The Bertz CT molecular complexity index is 374. The molecule has 0 aliphatic rings. The van der Waals surface area contributed by atoms with E-state index in [-0.39, 0.29) is 0 Å². The van der Waals surface area contributed by atoms with E-state index < -0.39 is 5.82 Å². The third kappa shape index (κ3) is 4.39. The topological polar surface area (TPSA) is 45.0 Å². The second-order valence-electron chi connectivity index (χ2n) is 3.37. The van der Waals surface area contributed by atoms with Crippen molar-refractivity contribution in [3.05, 3.63) is 35.1 Å². The lowest BCUT2D eigenvalue weighted by Crippen LogP contribution is -2.18. The van der Waals surface area contributed by atoms with Gasteiger partial charge in [0.2, 0.25) is 0 Å². The van der Waals surface area contributed by atoms with E-state index >= 15 is 0 Å². The second-order valence-corrected chi connectivity index (χ2v) is 3.37. The number of hydrogen-bond acceptors (Lipinski definition) is 3. The van der Waals surface area contributed by atoms with Crippen molar-refractivity contribution in [1.82, 2.24) is 5.32 Å². The van der Waals surface area contributed by atoms with E-state index in [2.05, 4.69) is 5.32 Å². The van der Waals surface area contributed by atoms with Crippen molar-refractivity contribution in [2.75, 3.05) is 19.7 Å². The first-order valence-electron chi connectivity index (χ1n) is 5.24. The molecule has 4 heteroatoms. The first-order chi connectivity index (χ1) is 7.76. The van der Waals surface area contributed by atoms with Crippen LogP contribution < -0.4 is 5.32 Å². The molecule has 0 radical (unpaired) electrons. The van der Waals surface area contributed by atoms with Crippen LogP contribution in [0.1, 0.15) is 18.1 Å². The molecule has 1 aromatic rings. The Hall–Kier alpha value is -1.44. The number of rotatable bonds is 6. The third-order valence-electron chi connectivity index (χ3n) is 2.03. The fraction of sp³-hybridized carbons (Fsp3) is 0.417. The van der Waals surface area contributed by atoms with Crippen molar-refractivity contribution < 1.29 is 9.13 Å². The van der Waals surface area contributed by atoms with E-state index in [1.807, 2.05) is 13.0 Å². The minimum Gasteiger partial charge on any atom is -0.375 e. The lowest BCUT2D eigenvalue weighted by atomic mass is 10.1. The van der Waals surface area contributed by atoms with Crippen molar-refractivity contribution in [3.8, 4) is 6.07 Å². The molecule has 86 valence electrons. The van der Waals surface area contributed by atoms with Gasteiger partial charge >= 0.3 is 0 Å². The molecule has 0 saturated heterocycles. The normalized spacial score (nSPS) is 10.1. The molecule has 0 fully saturated rings. The quantitative estimate of drug-likeness (QED) is 0.747. The monoisotopic (exact) mass is 222 g/mol. The summed E-state index contributed by atoms with van der Waals surface area (Å²) in [4.78, 5) is 0. The minimum absolute atomic E-state index is 0.324. The SMILES string of the molecule is CCNCCOCc1cc(F)cc(C#N)c1. The van der Waals surface area contributed by atoms with Crippen molar-refractivity contribution >= 4 is 0 Å². The van der Waals surface area contributed by atoms with Gasteiger partial charge in [0.05, 0.1) is 24.8 Å². The number of nitriles is 1. The van der Waals surface area contributed by atoms with Gasteiger partial charge in [-0.2, -0.15) is 5.26 Å². The summed E-state index contributed by atoms with van der Waals surface area (Å²) in [6, 6.07) is 6.14. The van der Waals surface area contributed by atoms with Gasteiger partial charge in [0.1, 0.15) is 5.82 Å². The predicted molar refractivity (Wildman–Crippen MR) is 59.3 cm³/mol. The first-order valence-corrected chi connectivity index (χ1v) is 5.24. The molecule has 3 nitrogen and oxygen atoms in total. The summed E-state index contributed by atoms with van der Waals surface area (Å²) >= 11 is 0. The fourth-order valence-electron chi connectivity index (χ4n) is 1.31. The molecule has 0 aromatic heterocycles. The average Bonchev–Trinajstić information content (AvgIpc) is 2.28. The van der Waals surface area contributed by atoms with Crippen molar-refractivity contribution in [3.63, 3.8) is 0 Å². The summed E-state index contributed by atoms with van der Waals surface area (Å²) in [6.45, 7) is 4.61. The molecule has 0 saturated carbocycles. The Morgan fingerprint density at radius 2 is 2.25 bits per heavy atom. The van der Waals surface area contributed by atoms with E-state index in [0.29, 0.717) is 24.3 Å². The van der Waals surface area contributed by atoms with E-state index in [4.69, 9.17) is 10.00 Å². The lowest BCUT2D eigenvalue weighted by molar-refractivity contribution is 0.123. The van der Waals surface area contributed by atoms with Gasteiger partial charge < -0.3 is 10.1 Å². The molecule has 0 amide bonds. The molecular formula is C12H15FN2O. The average molecular weight is 222 g/mol. The van der Waals surface area contributed by atoms with Gasteiger partial charge in [-0.25, -0.2) is 4.39 Å². The summed E-state index contributed by atoms with van der Waals surface area (Å²) in [6.07, 6.45) is 0. The maximum atomic E-state index is 13.0. The van der Waals surface area contributed by atoms with E-state index in [1.54, 1.807) is 6.07 Å². The van der Waals surface area contributed by atoms with E-state index in [1.165, 1.54) is 12.1 Å². The minimum atomic E-state index is -0.399. The predicted octanol–water partition coefficient (Wildman–Crippen LogP) is 1.82. The molecule has 1 aromatic carbocycles. The van der Waals surface area contributed by atoms with Crippen LogP contribution in [-0.2, 0) is 11.3 Å². The Balaban J connectivity index is 2.42. The number of hydrogen-bond donors (Lipinski definition) is 1. The highest BCUT2D eigenvalue weighted by atomic mass is 19.1. The van der Waals surface area contributed by atoms with Crippen molar-refractivity contribution in [2.45, 2.75) is 13.5 Å². The highest BCUT2D eigenvalue weighted by molar-refractivity contribution is 5.33. The molecule has 0 heterocycles. The van der Waals surface area contributed by atoms with Gasteiger partial charge in [-0.15, -0.1) is 0 Å². The number of nitrogens with zero attached hydrogens (tertiary/aromatic N) is 1. The summed E-state index contributed by atoms with van der Waals surface area (Å²) in [5.41, 5.74) is 1.01. The van der Waals surface area contributed by atoms with Crippen molar-refractivity contribution in [1.29, 1.82) is 5.26 Å².